The van der Waals surface area contributed by atoms with E-state index in [2.05, 4.69) is 78.1 Å². The normalized spacial score (nSPS) is 19.9. The first kappa shape index (κ1) is 67.3. The highest BCUT2D eigenvalue weighted by Gasteiger charge is 2.45. The van der Waals surface area contributed by atoms with Gasteiger partial charge < -0.3 is 65.2 Å². The SMILES string of the molecule is CC(CCCCNC(=O)OC(C)(C)C)C(=O)OCC#Cc1cn([C@H]2CC(O)[C@@H](CO)O2)c(=O)nc1N.CC[C@H]1O[C@@H](n2cc(C#CCOC(=O)C(C)CCCCNC(=O)OC(C)(C)C)c(N)nc2=O)CC1O[Si](C)(C)C(C)(C)C. The highest BCUT2D eigenvalue weighted by atomic mass is 28.4. The molecule has 442 valence electrons. The van der Waals surface area contributed by atoms with E-state index in [9.17, 15) is 39.0 Å². The summed E-state index contributed by atoms with van der Waals surface area (Å²) in [6, 6.07) is 0. The second kappa shape index (κ2) is 30.5. The minimum Gasteiger partial charge on any atom is -0.452 e. The highest BCUT2D eigenvalue weighted by molar-refractivity contribution is 6.74. The molecule has 8 N–H and O–H groups in total. The standard InChI is InChI=1S/C31H52N4O7Si.C24H36N4O8/c1-11-23-24(42-43(9,10)31(6,7)8)19-25(40-23)35-20-22(26(32)34-28(35)37)16-14-18-39-27(36)21(2)15-12-13-17-33-29(38)41-30(3,4)5;1-15(8-5-6-10-26-23(33)36-24(2,3)4)21(31)34-11-7-9-16-13-28(22(32)27-20(16)25)19-12-17(30)18(14-29)35-19/h20-21,23-25H,11-13,15,17-19H2,1-10H3,(H,33,38)(H2,32,34,37);13,15,17-19,29-30H,5-6,8,10-12,14H2,1-4H3,(H,26,33)(H2,25,27,32)/t21?,23-,24?,25-;15?,17?,18-,19-/m11/s1. The lowest BCUT2D eigenvalue weighted by Crippen LogP contribution is -2.45. The molecule has 2 aromatic rings. The van der Waals surface area contributed by atoms with Crippen LogP contribution in [0.3, 0.4) is 0 Å². The molecule has 8 atom stereocenters. The van der Waals surface area contributed by atoms with Crippen LogP contribution < -0.4 is 33.5 Å². The Morgan fingerprint density at radius 2 is 1.15 bits per heavy atom. The van der Waals surface area contributed by atoms with Gasteiger partial charge in [0.15, 0.2) is 21.5 Å². The number of alkyl carbamates (subject to hydrolysis) is 2. The molecule has 0 aromatic carbocycles. The van der Waals surface area contributed by atoms with Crippen LogP contribution in [0.2, 0.25) is 18.1 Å². The molecule has 24 heteroatoms. The van der Waals surface area contributed by atoms with Crippen LogP contribution >= 0.6 is 0 Å². The van der Waals surface area contributed by atoms with Gasteiger partial charge in [-0.25, -0.2) is 19.2 Å². The number of hydrogen-bond donors (Lipinski definition) is 6. The summed E-state index contributed by atoms with van der Waals surface area (Å²) in [5.41, 5.74) is 10.1. The number of esters is 2. The number of unbranched alkanes of at least 4 members (excludes halogenated alkanes) is 2. The molecule has 2 fully saturated rings. The lowest BCUT2D eigenvalue weighted by molar-refractivity contribution is -0.147. The number of nitrogens with one attached hydrogen (secondary N) is 2. The van der Waals surface area contributed by atoms with Crippen molar-refractivity contribution >= 4 is 44.1 Å². The molecule has 2 aliphatic heterocycles. The molecule has 2 amide bonds. The van der Waals surface area contributed by atoms with E-state index < -0.39 is 73.7 Å². The van der Waals surface area contributed by atoms with E-state index >= 15 is 0 Å². The second-order valence-corrected chi connectivity index (χ2v) is 28.0. The Morgan fingerprint density at radius 1 is 0.734 bits per heavy atom. The molecule has 2 saturated heterocycles. The lowest BCUT2D eigenvalue weighted by Gasteiger charge is -2.39. The van der Waals surface area contributed by atoms with Gasteiger partial charge in [-0.3, -0.25) is 18.7 Å². The zero-order chi connectivity index (χ0) is 59.5. The van der Waals surface area contributed by atoms with Gasteiger partial charge in [0.25, 0.3) is 0 Å². The second-order valence-electron chi connectivity index (χ2n) is 23.2. The Balaban J connectivity index is 0.000000422. The number of ether oxygens (including phenoxy) is 6. The van der Waals surface area contributed by atoms with E-state index in [1.165, 1.54) is 10.8 Å². The van der Waals surface area contributed by atoms with Crippen LogP contribution in [0.4, 0.5) is 21.2 Å². The summed E-state index contributed by atoms with van der Waals surface area (Å²) in [7, 11) is -2.04. The molecule has 0 spiro atoms. The van der Waals surface area contributed by atoms with Crippen LogP contribution in [0.1, 0.15) is 164 Å². The number of nitrogens with zero attached hydrogens (tertiary/aromatic N) is 4. The van der Waals surface area contributed by atoms with Crippen molar-refractivity contribution in [1.82, 2.24) is 29.7 Å². The number of rotatable bonds is 20. The van der Waals surface area contributed by atoms with E-state index in [1.54, 1.807) is 40.8 Å². The van der Waals surface area contributed by atoms with Crippen molar-refractivity contribution in [3.8, 4) is 23.7 Å². The molecular formula is C55H88N8O15Si. The van der Waals surface area contributed by atoms with Gasteiger partial charge in [-0.15, -0.1) is 0 Å². The molecular weight excluding hydrogens is 1040 g/mol. The van der Waals surface area contributed by atoms with Crippen LogP contribution in [-0.2, 0) is 42.4 Å². The number of hydrogen-bond acceptors (Lipinski definition) is 19. The Hall–Kier alpha value is -6.02. The van der Waals surface area contributed by atoms with Crippen LogP contribution in [0.25, 0.3) is 0 Å². The van der Waals surface area contributed by atoms with Gasteiger partial charge in [0.1, 0.15) is 41.4 Å². The van der Waals surface area contributed by atoms with Gasteiger partial charge in [-0.1, -0.05) is 78.1 Å². The fraction of sp³-hybridized carbons (Fsp3) is 0.709. The number of nitrogen functional groups attached to an aromatic ring is 2. The molecule has 4 unspecified atom stereocenters. The Kier molecular flexibility index (Phi) is 26.0. The smallest absolute Gasteiger partial charge is 0.407 e. The van der Waals surface area contributed by atoms with Crippen molar-refractivity contribution in [2.75, 3.05) is 44.4 Å². The number of aliphatic hydroxyl groups is 2. The van der Waals surface area contributed by atoms with E-state index in [-0.39, 0.29) is 78.5 Å². The van der Waals surface area contributed by atoms with E-state index in [0.29, 0.717) is 50.8 Å². The van der Waals surface area contributed by atoms with Crippen LogP contribution in [0, 0.1) is 35.5 Å². The Labute approximate surface area is 466 Å². The van der Waals surface area contributed by atoms with Crippen LogP contribution in [-0.4, -0.2) is 130 Å². The molecule has 2 aromatic heterocycles. The topological polar surface area (TPSA) is 319 Å². The van der Waals surface area contributed by atoms with E-state index in [1.807, 2.05) is 27.7 Å². The summed E-state index contributed by atoms with van der Waals surface area (Å²) >= 11 is 0. The molecule has 0 bridgehead atoms. The highest BCUT2D eigenvalue weighted by Crippen LogP contribution is 2.41. The molecule has 23 nitrogen and oxygen atoms in total. The monoisotopic (exact) mass is 1130 g/mol. The van der Waals surface area contributed by atoms with Gasteiger partial charge in [-0.2, -0.15) is 9.97 Å². The Bertz CT molecular complexity index is 2600. The van der Waals surface area contributed by atoms with Crippen molar-refractivity contribution in [2.45, 2.75) is 207 Å². The molecule has 0 radical (unpaired) electrons. The Morgan fingerprint density at radius 3 is 1.53 bits per heavy atom. The molecule has 4 rings (SSSR count). The number of carbonyl (C=O) groups excluding carboxylic acids is 4. The molecule has 0 aliphatic carbocycles. The van der Waals surface area contributed by atoms with Crippen molar-refractivity contribution in [1.29, 1.82) is 0 Å². The summed E-state index contributed by atoms with van der Waals surface area (Å²) in [6.45, 7) is 27.6. The van der Waals surface area contributed by atoms with Crippen LogP contribution in [0.5, 0.6) is 0 Å². The van der Waals surface area contributed by atoms with Gasteiger partial charge in [0.05, 0.1) is 47.9 Å². The predicted molar refractivity (Wildman–Crippen MR) is 299 cm³/mol. The van der Waals surface area contributed by atoms with Crippen LogP contribution in [0.15, 0.2) is 22.0 Å². The average molecular weight is 1130 g/mol. The zero-order valence-electron chi connectivity index (χ0n) is 48.8. The molecule has 4 heterocycles. The number of carbonyl (C=O) groups is 4. The number of amides is 2. The third-order valence-corrected chi connectivity index (χ3v) is 17.6. The fourth-order valence-electron chi connectivity index (χ4n) is 7.69. The predicted octanol–water partition coefficient (Wildman–Crippen LogP) is 5.83. The minimum atomic E-state index is -2.04. The summed E-state index contributed by atoms with van der Waals surface area (Å²) in [6.07, 6.45) is 4.13. The van der Waals surface area contributed by atoms with Crippen molar-refractivity contribution in [2.24, 2.45) is 11.8 Å². The lowest BCUT2D eigenvalue weighted by atomic mass is 10.0. The third-order valence-electron chi connectivity index (χ3n) is 13.1. The largest absolute Gasteiger partial charge is 0.452 e. The summed E-state index contributed by atoms with van der Waals surface area (Å²) in [4.78, 5) is 80.5. The first-order valence-electron chi connectivity index (χ1n) is 27.0. The van der Waals surface area contributed by atoms with Gasteiger partial charge >= 0.3 is 35.5 Å². The summed E-state index contributed by atoms with van der Waals surface area (Å²) in [5.74, 6) is 9.59. The number of aromatic nitrogens is 4. The van der Waals surface area contributed by atoms with Crippen molar-refractivity contribution < 1.29 is 62.2 Å². The molecule has 0 saturated carbocycles. The van der Waals surface area contributed by atoms with Crippen molar-refractivity contribution in [3.63, 3.8) is 0 Å². The van der Waals surface area contributed by atoms with Gasteiger partial charge in [-0.05, 0) is 91.8 Å². The van der Waals surface area contributed by atoms with Crippen molar-refractivity contribution in [3.05, 3.63) is 44.5 Å². The quantitative estimate of drug-likeness (QED) is 0.0298. The molecule has 79 heavy (non-hydrogen) atoms. The maximum absolute atomic E-state index is 12.8. The maximum atomic E-state index is 12.8. The van der Waals surface area contributed by atoms with Gasteiger partial charge in [0.2, 0.25) is 0 Å². The number of nitrogens with two attached hydrogens (primary N) is 2. The van der Waals surface area contributed by atoms with E-state index in [4.69, 9.17) is 44.3 Å². The summed E-state index contributed by atoms with van der Waals surface area (Å²) < 4.78 is 41.8. The first-order chi connectivity index (χ1) is 36.7. The minimum absolute atomic E-state index is 0.00699. The van der Waals surface area contributed by atoms with Gasteiger partial charge in [0, 0.05) is 38.3 Å². The fourth-order valence-corrected chi connectivity index (χ4v) is 9.05. The average Bonchev–Trinajstić information content (AvgIpc) is 3.93. The zero-order valence-corrected chi connectivity index (χ0v) is 49.8. The molecule has 2 aliphatic rings. The maximum Gasteiger partial charge on any atom is 0.407 e. The first-order valence-corrected chi connectivity index (χ1v) is 30.0. The van der Waals surface area contributed by atoms with E-state index in [0.717, 1.165) is 23.8 Å². The number of aliphatic hydroxyl groups excluding tert-OH is 2. The third kappa shape index (κ3) is 22.9. The summed E-state index contributed by atoms with van der Waals surface area (Å²) in [5, 5.41) is 24.6. The number of anilines is 2.